The number of halogens is 3. The average Bonchev–Trinajstić information content (AvgIpc) is 3.00. The van der Waals surface area contributed by atoms with Crippen LogP contribution in [0.15, 0.2) is 71.6 Å². The van der Waals surface area contributed by atoms with Crippen molar-refractivity contribution in [3.8, 4) is 5.75 Å². The Morgan fingerprint density at radius 2 is 1.87 bits per heavy atom. The van der Waals surface area contributed by atoms with Crippen LogP contribution in [0, 0.1) is 9.39 Å². The fourth-order valence-electron chi connectivity index (χ4n) is 2.97. The van der Waals surface area contributed by atoms with Crippen LogP contribution < -0.4 is 9.64 Å². The molecule has 3 aromatic carbocycles. The summed E-state index contributed by atoms with van der Waals surface area (Å²) in [4.78, 5) is 26.6. The summed E-state index contributed by atoms with van der Waals surface area (Å²) in [6.07, 6.45) is 1.67. The van der Waals surface area contributed by atoms with E-state index in [1.165, 1.54) is 12.1 Å². The van der Waals surface area contributed by atoms with E-state index in [4.69, 9.17) is 16.3 Å². The van der Waals surface area contributed by atoms with Gasteiger partial charge in [-0.05, 0) is 94.0 Å². The first-order valence-corrected chi connectivity index (χ1v) is 11.4. The van der Waals surface area contributed by atoms with Gasteiger partial charge in [-0.3, -0.25) is 9.59 Å². The number of carbonyl (C=O) groups excluding carboxylic acids is 2. The Kier molecular flexibility index (Phi) is 6.64. The van der Waals surface area contributed by atoms with Gasteiger partial charge in [-0.25, -0.2) is 9.29 Å². The molecular weight excluding hydrogens is 552 g/mol. The van der Waals surface area contributed by atoms with Gasteiger partial charge in [-0.15, -0.1) is 0 Å². The van der Waals surface area contributed by atoms with E-state index in [1.54, 1.807) is 54.6 Å². The lowest BCUT2D eigenvalue weighted by atomic mass is 10.2. The Balaban J connectivity index is 1.50. The predicted octanol–water partition coefficient (Wildman–Crippen LogP) is 6.90. The van der Waals surface area contributed by atoms with Crippen LogP contribution in [-0.2, 0) is 11.4 Å². The SMILES string of the molecule is O=C1S/C(=C/c2ccc(OCc3cccc(F)c3)c(I)c2)C(=O)N1c1cccc(Cl)c1. The third-order valence-electron chi connectivity index (χ3n) is 4.40. The fourth-order valence-corrected chi connectivity index (χ4v) is 4.69. The minimum atomic E-state index is -0.390. The molecule has 1 saturated heterocycles. The highest BCUT2D eigenvalue weighted by atomic mass is 127. The first kappa shape index (κ1) is 21.9. The van der Waals surface area contributed by atoms with E-state index in [-0.39, 0.29) is 17.7 Å². The zero-order chi connectivity index (χ0) is 22.0. The molecule has 0 bridgehead atoms. The van der Waals surface area contributed by atoms with Crippen LogP contribution in [-0.4, -0.2) is 11.1 Å². The van der Waals surface area contributed by atoms with Crippen molar-refractivity contribution in [1.29, 1.82) is 0 Å². The Hall–Kier alpha value is -2.36. The molecule has 0 spiro atoms. The highest BCUT2D eigenvalue weighted by Crippen LogP contribution is 2.37. The van der Waals surface area contributed by atoms with E-state index in [2.05, 4.69) is 22.6 Å². The average molecular weight is 566 g/mol. The van der Waals surface area contributed by atoms with Crippen LogP contribution in [0.2, 0.25) is 5.02 Å². The monoisotopic (exact) mass is 565 g/mol. The van der Waals surface area contributed by atoms with Crippen LogP contribution >= 0.6 is 46.0 Å². The van der Waals surface area contributed by atoms with Crippen molar-refractivity contribution in [2.75, 3.05) is 4.90 Å². The summed E-state index contributed by atoms with van der Waals surface area (Å²) in [7, 11) is 0. The van der Waals surface area contributed by atoms with Gasteiger partial charge in [-0.1, -0.05) is 35.9 Å². The first-order valence-electron chi connectivity index (χ1n) is 9.11. The number of imide groups is 1. The van der Waals surface area contributed by atoms with Gasteiger partial charge in [0.1, 0.15) is 18.2 Å². The van der Waals surface area contributed by atoms with Crippen molar-refractivity contribution in [1.82, 2.24) is 0 Å². The van der Waals surface area contributed by atoms with Crippen molar-refractivity contribution in [2.24, 2.45) is 0 Å². The van der Waals surface area contributed by atoms with Crippen LogP contribution in [0.1, 0.15) is 11.1 Å². The van der Waals surface area contributed by atoms with Crippen molar-refractivity contribution >= 4 is 68.9 Å². The van der Waals surface area contributed by atoms with Gasteiger partial charge in [0.2, 0.25) is 0 Å². The molecule has 1 aliphatic heterocycles. The molecule has 0 aliphatic carbocycles. The molecule has 0 saturated carbocycles. The third-order valence-corrected chi connectivity index (χ3v) is 6.34. The number of amides is 2. The third kappa shape index (κ3) is 5.11. The summed E-state index contributed by atoms with van der Waals surface area (Å²) in [5.74, 6) is -0.0504. The lowest BCUT2D eigenvalue weighted by Gasteiger charge is -2.12. The summed E-state index contributed by atoms with van der Waals surface area (Å²) < 4.78 is 19.9. The molecule has 2 amide bonds. The van der Waals surface area contributed by atoms with E-state index < -0.39 is 5.91 Å². The zero-order valence-corrected chi connectivity index (χ0v) is 19.6. The van der Waals surface area contributed by atoms with E-state index in [0.717, 1.165) is 31.4 Å². The molecule has 1 aliphatic rings. The molecule has 0 unspecified atom stereocenters. The van der Waals surface area contributed by atoms with Crippen LogP contribution in [0.5, 0.6) is 5.75 Å². The van der Waals surface area contributed by atoms with Crippen molar-refractivity contribution < 1.29 is 18.7 Å². The molecule has 4 nitrogen and oxygen atoms in total. The maximum absolute atomic E-state index is 13.3. The lowest BCUT2D eigenvalue weighted by Crippen LogP contribution is -2.27. The lowest BCUT2D eigenvalue weighted by molar-refractivity contribution is -0.113. The largest absolute Gasteiger partial charge is 0.488 e. The summed E-state index contributed by atoms with van der Waals surface area (Å²) in [5.41, 5.74) is 1.93. The minimum Gasteiger partial charge on any atom is -0.488 e. The standard InChI is InChI=1S/C23H14ClFINO3S/c24-16-4-2-6-18(12-16)27-22(28)21(31-23(27)29)11-14-7-8-20(19(26)10-14)30-13-15-3-1-5-17(25)9-15/h1-12H,13H2/b21-11+. The van der Waals surface area contributed by atoms with Crippen molar-refractivity contribution in [3.05, 3.63) is 97.2 Å². The molecule has 1 heterocycles. The fraction of sp³-hybridized carbons (Fsp3) is 0.0435. The molecule has 0 radical (unpaired) electrons. The molecule has 0 N–H and O–H groups in total. The summed E-state index contributed by atoms with van der Waals surface area (Å²) in [5, 5.41) is 0.0761. The second-order valence-electron chi connectivity index (χ2n) is 6.61. The molecular formula is C23H14ClFINO3S. The smallest absolute Gasteiger partial charge is 0.298 e. The molecule has 8 heteroatoms. The Bertz CT molecular complexity index is 1220. The van der Waals surface area contributed by atoms with Gasteiger partial charge in [0.15, 0.2) is 0 Å². The zero-order valence-electron chi connectivity index (χ0n) is 15.8. The second kappa shape index (κ2) is 9.42. The van der Waals surface area contributed by atoms with Gasteiger partial charge in [0.25, 0.3) is 11.1 Å². The highest BCUT2D eigenvalue weighted by molar-refractivity contribution is 14.1. The topological polar surface area (TPSA) is 46.6 Å². The molecule has 156 valence electrons. The maximum atomic E-state index is 13.3. The number of nitrogens with zero attached hydrogens (tertiary/aromatic N) is 1. The van der Waals surface area contributed by atoms with Crippen LogP contribution in [0.3, 0.4) is 0 Å². The summed E-state index contributed by atoms with van der Waals surface area (Å²) in [6.45, 7) is 0.242. The van der Waals surface area contributed by atoms with E-state index in [1.807, 2.05) is 6.07 Å². The number of hydrogen-bond acceptors (Lipinski definition) is 4. The molecule has 0 aromatic heterocycles. The van der Waals surface area contributed by atoms with Gasteiger partial charge in [0.05, 0.1) is 14.2 Å². The molecule has 3 aromatic rings. The number of carbonyl (C=O) groups is 2. The number of ether oxygens (including phenoxy) is 1. The molecule has 1 fully saturated rings. The predicted molar refractivity (Wildman–Crippen MR) is 130 cm³/mol. The minimum absolute atomic E-state index is 0.242. The number of rotatable bonds is 5. The van der Waals surface area contributed by atoms with Crippen molar-refractivity contribution in [3.63, 3.8) is 0 Å². The summed E-state index contributed by atoms with van der Waals surface area (Å²) in [6, 6.07) is 18.3. The Morgan fingerprint density at radius 1 is 1.06 bits per heavy atom. The first-order chi connectivity index (χ1) is 14.9. The normalized spacial score (nSPS) is 15.1. The van der Waals surface area contributed by atoms with E-state index in [0.29, 0.717) is 21.4 Å². The highest BCUT2D eigenvalue weighted by Gasteiger charge is 2.36. The number of benzene rings is 3. The molecule has 4 rings (SSSR count). The Labute approximate surface area is 201 Å². The Morgan fingerprint density at radius 3 is 2.61 bits per heavy atom. The number of hydrogen-bond donors (Lipinski definition) is 0. The van der Waals surface area contributed by atoms with Gasteiger partial charge < -0.3 is 4.74 Å². The number of thioether (sulfide) groups is 1. The second-order valence-corrected chi connectivity index (χ2v) is 9.20. The quantitative estimate of drug-likeness (QED) is 0.249. The maximum Gasteiger partial charge on any atom is 0.298 e. The van der Waals surface area contributed by atoms with E-state index in [9.17, 15) is 14.0 Å². The van der Waals surface area contributed by atoms with Crippen molar-refractivity contribution in [2.45, 2.75) is 6.61 Å². The number of anilines is 1. The van der Waals surface area contributed by atoms with E-state index >= 15 is 0 Å². The van der Waals surface area contributed by atoms with Crippen LogP contribution in [0.4, 0.5) is 14.9 Å². The van der Waals surface area contributed by atoms with Crippen LogP contribution in [0.25, 0.3) is 6.08 Å². The van der Waals surface area contributed by atoms with Gasteiger partial charge in [0, 0.05) is 5.02 Å². The molecule has 31 heavy (non-hydrogen) atoms. The van der Waals surface area contributed by atoms with Gasteiger partial charge in [-0.2, -0.15) is 0 Å². The summed E-state index contributed by atoms with van der Waals surface area (Å²) >= 11 is 9.01. The van der Waals surface area contributed by atoms with Gasteiger partial charge >= 0.3 is 0 Å². The molecule has 0 atom stereocenters.